The van der Waals surface area contributed by atoms with Crippen LogP contribution in [0.4, 0.5) is 0 Å². The molecule has 1 aromatic rings. The summed E-state index contributed by atoms with van der Waals surface area (Å²) >= 11 is 0. The highest BCUT2D eigenvalue weighted by atomic mass is 16.5. The van der Waals surface area contributed by atoms with Gasteiger partial charge in [-0.2, -0.15) is 0 Å². The van der Waals surface area contributed by atoms with Crippen molar-refractivity contribution in [3.63, 3.8) is 0 Å². The van der Waals surface area contributed by atoms with Crippen LogP contribution in [0, 0.1) is 0 Å². The quantitative estimate of drug-likeness (QED) is 0.844. The van der Waals surface area contributed by atoms with E-state index >= 15 is 0 Å². The fourth-order valence-electron chi connectivity index (χ4n) is 2.47. The highest BCUT2D eigenvalue weighted by Gasteiger charge is 2.21. The highest BCUT2D eigenvalue weighted by Crippen LogP contribution is 2.23. The summed E-state index contributed by atoms with van der Waals surface area (Å²) in [6.07, 6.45) is 0.188. The summed E-state index contributed by atoms with van der Waals surface area (Å²) in [5.41, 5.74) is 1.15. The average Bonchev–Trinajstić information content (AvgIpc) is 2.42. The zero-order valence-corrected chi connectivity index (χ0v) is 11.8. The van der Waals surface area contributed by atoms with Gasteiger partial charge in [-0.1, -0.05) is 12.1 Å². The van der Waals surface area contributed by atoms with E-state index < -0.39 is 0 Å². The maximum absolute atomic E-state index is 9.65. The second-order valence-corrected chi connectivity index (χ2v) is 5.22. The number of benzene rings is 1. The van der Waals surface area contributed by atoms with E-state index in [4.69, 9.17) is 4.74 Å². The number of hydrogen-bond acceptors (Lipinski definition) is 4. The molecule has 2 N–H and O–H groups in total. The Kier molecular flexibility index (Phi) is 5.19. The van der Waals surface area contributed by atoms with Gasteiger partial charge in [0.15, 0.2) is 0 Å². The lowest BCUT2D eigenvalue weighted by Gasteiger charge is -2.34. The van der Waals surface area contributed by atoms with Crippen molar-refractivity contribution in [2.75, 3.05) is 32.8 Å². The topological polar surface area (TPSA) is 44.7 Å². The predicted molar refractivity (Wildman–Crippen MR) is 76.5 cm³/mol. The van der Waals surface area contributed by atoms with Crippen molar-refractivity contribution in [1.29, 1.82) is 0 Å². The van der Waals surface area contributed by atoms with Crippen molar-refractivity contribution in [1.82, 2.24) is 10.2 Å². The van der Waals surface area contributed by atoms with Crippen LogP contribution in [0.25, 0.3) is 0 Å². The summed E-state index contributed by atoms with van der Waals surface area (Å²) in [6, 6.07) is 8.18. The number of nitrogens with one attached hydrogen (secondary N) is 1. The number of piperazine rings is 1. The van der Waals surface area contributed by atoms with E-state index in [9.17, 15) is 5.11 Å². The lowest BCUT2D eigenvalue weighted by molar-refractivity contribution is 0.111. The molecule has 19 heavy (non-hydrogen) atoms. The molecule has 0 amide bonds. The van der Waals surface area contributed by atoms with Crippen LogP contribution >= 0.6 is 0 Å². The van der Waals surface area contributed by atoms with Crippen LogP contribution in [0.1, 0.15) is 25.5 Å². The molecule has 0 bridgehead atoms. The van der Waals surface area contributed by atoms with Gasteiger partial charge in [0.05, 0.1) is 18.8 Å². The molecular formula is C15H24N2O2. The Morgan fingerprint density at radius 2 is 1.84 bits per heavy atom. The van der Waals surface area contributed by atoms with Gasteiger partial charge in [0.25, 0.3) is 0 Å². The Bertz CT molecular complexity index is 372. The predicted octanol–water partition coefficient (Wildman–Crippen LogP) is 1.41. The normalized spacial score (nSPS) is 18.5. The van der Waals surface area contributed by atoms with Crippen LogP contribution in [0.15, 0.2) is 24.3 Å². The first-order valence-corrected chi connectivity index (χ1v) is 7.03. The highest BCUT2D eigenvalue weighted by molar-refractivity contribution is 5.29. The van der Waals surface area contributed by atoms with Gasteiger partial charge in [-0.05, 0) is 31.5 Å². The number of nitrogens with zero attached hydrogens (tertiary/aromatic N) is 1. The lowest BCUT2D eigenvalue weighted by atomic mass is 10.1. The van der Waals surface area contributed by atoms with Crippen LogP contribution in [0.2, 0.25) is 0 Å². The van der Waals surface area contributed by atoms with Gasteiger partial charge < -0.3 is 15.2 Å². The molecule has 1 unspecified atom stereocenters. The number of aliphatic hydroxyl groups excluding tert-OH is 1. The minimum absolute atomic E-state index is 0.0928. The van der Waals surface area contributed by atoms with Gasteiger partial charge in [0, 0.05) is 26.2 Å². The monoisotopic (exact) mass is 264 g/mol. The van der Waals surface area contributed by atoms with E-state index in [1.165, 1.54) is 0 Å². The minimum Gasteiger partial charge on any atom is -0.491 e. The molecule has 0 aliphatic carbocycles. The molecule has 1 saturated heterocycles. The third-order valence-electron chi connectivity index (χ3n) is 3.40. The molecule has 1 fully saturated rings. The van der Waals surface area contributed by atoms with E-state index in [2.05, 4.69) is 22.3 Å². The van der Waals surface area contributed by atoms with E-state index in [1.807, 2.05) is 26.0 Å². The lowest BCUT2D eigenvalue weighted by Crippen LogP contribution is -2.46. The first-order chi connectivity index (χ1) is 9.20. The number of aliphatic hydroxyl groups is 1. The molecule has 4 nitrogen and oxygen atoms in total. The number of ether oxygens (including phenoxy) is 1. The second-order valence-electron chi connectivity index (χ2n) is 5.22. The molecule has 1 heterocycles. The van der Waals surface area contributed by atoms with Crippen LogP contribution in [-0.2, 0) is 0 Å². The van der Waals surface area contributed by atoms with Gasteiger partial charge in [0.1, 0.15) is 5.75 Å². The number of rotatable bonds is 5. The molecular weight excluding hydrogens is 240 g/mol. The Balaban J connectivity index is 2.05. The van der Waals surface area contributed by atoms with E-state index in [1.54, 1.807) is 0 Å². The summed E-state index contributed by atoms with van der Waals surface area (Å²) in [5, 5.41) is 13.0. The summed E-state index contributed by atoms with van der Waals surface area (Å²) in [7, 11) is 0. The molecule has 0 radical (unpaired) electrons. The van der Waals surface area contributed by atoms with Gasteiger partial charge in [0.2, 0.25) is 0 Å². The average molecular weight is 264 g/mol. The first kappa shape index (κ1) is 14.3. The SMILES string of the molecule is CC(C)Oc1ccc(C(CO)N2CCNCC2)cc1. The van der Waals surface area contributed by atoms with Crippen LogP contribution in [-0.4, -0.2) is 48.9 Å². The van der Waals surface area contributed by atoms with Crippen molar-refractivity contribution >= 4 is 0 Å². The van der Waals surface area contributed by atoms with Crippen molar-refractivity contribution in [2.45, 2.75) is 26.0 Å². The van der Waals surface area contributed by atoms with Crippen molar-refractivity contribution < 1.29 is 9.84 Å². The Labute approximate surface area is 115 Å². The molecule has 4 heteroatoms. The maximum Gasteiger partial charge on any atom is 0.119 e. The van der Waals surface area contributed by atoms with Gasteiger partial charge in [-0.3, -0.25) is 4.90 Å². The Morgan fingerprint density at radius 1 is 1.21 bits per heavy atom. The molecule has 0 spiro atoms. The van der Waals surface area contributed by atoms with Crippen molar-refractivity contribution in [2.24, 2.45) is 0 Å². The van der Waals surface area contributed by atoms with Gasteiger partial charge in [-0.15, -0.1) is 0 Å². The molecule has 1 aromatic carbocycles. The van der Waals surface area contributed by atoms with E-state index in [-0.39, 0.29) is 18.8 Å². The number of hydrogen-bond donors (Lipinski definition) is 2. The molecule has 0 saturated carbocycles. The largest absolute Gasteiger partial charge is 0.491 e. The van der Waals surface area contributed by atoms with E-state index in [0.717, 1.165) is 37.5 Å². The Hall–Kier alpha value is -1.10. The smallest absolute Gasteiger partial charge is 0.119 e. The maximum atomic E-state index is 9.65. The van der Waals surface area contributed by atoms with E-state index in [0.29, 0.717) is 0 Å². The standard InChI is InChI=1S/C15H24N2O2/c1-12(2)19-14-5-3-13(4-6-14)15(11-18)17-9-7-16-8-10-17/h3-6,12,15-16,18H,7-11H2,1-2H3. The molecule has 2 rings (SSSR count). The first-order valence-electron chi connectivity index (χ1n) is 7.03. The fourth-order valence-corrected chi connectivity index (χ4v) is 2.47. The Morgan fingerprint density at radius 3 is 2.37 bits per heavy atom. The van der Waals surface area contributed by atoms with Gasteiger partial charge >= 0.3 is 0 Å². The fraction of sp³-hybridized carbons (Fsp3) is 0.600. The third kappa shape index (κ3) is 3.93. The second kappa shape index (κ2) is 6.89. The zero-order valence-electron chi connectivity index (χ0n) is 11.8. The molecule has 0 aromatic heterocycles. The molecule has 1 atom stereocenters. The van der Waals surface area contributed by atoms with Crippen LogP contribution in [0.5, 0.6) is 5.75 Å². The molecule has 1 aliphatic heterocycles. The zero-order chi connectivity index (χ0) is 13.7. The van der Waals surface area contributed by atoms with Crippen LogP contribution < -0.4 is 10.1 Å². The van der Waals surface area contributed by atoms with Crippen molar-refractivity contribution in [3.05, 3.63) is 29.8 Å². The van der Waals surface area contributed by atoms with Crippen LogP contribution in [0.3, 0.4) is 0 Å². The molecule has 1 aliphatic rings. The summed E-state index contributed by atoms with van der Waals surface area (Å²) in [4.78, 5) is 2.33. The summed E-state index contributed by atoms with van der Waals surface area (Å²) in [6.45, 7) is 8.14. The third-order valence-corrected chi connectivity index (χ3v) is 3.40. The minimum atomic E-state index is 0.0928. The summed E-state index contributed by atoms with van der Waals surface area (Å²) < 4.78 is 5.64. The summed E-state index contributed by atoms with van der Waals surface area (Å²) in [5.74, 6) is 0.885. The molecule has 106 valence electrons. The van der Waals surface area contributed by atoms with Gasteiger partial charge in [-0.25, -0.2) is 0 Å². The van der Waals surface area contributed by atoms with Crippen molar-refractivity contribution in [3.8, 4) is 5.75 Å².